The molecule has 1 aromatic heterocycles. The monoisotopic (exact) mass is 252 g/mol. The second-order valence-electron chi connectivity index (χ2n) is 4.41. The summed E-state index contributed by atoms with van der Waals surface area (Å²) < 4.78 is 5.12. The van der Waals surface area contributed by atoms with E-state index in [1.807, 2.05) is 12.1 Å². The maximum atomic E-state index is 5.12. The van der Waals surface area contributed by atoms with Crippen molar-refractivity contribution in [3.63, 3.8) is 0 Å². The number of hydrogen-bond donors (Lipinski definition) is 1. The summed E-state index contributed by atoms with van der Waals surface area (Å²) in [7, 11) is 1.65. The largest absolute Gasteiger partial charge is 0.481 e. The maximum absolute atomic E-state index is 5.12. The highest BCUT2D eigenvalue weighted by molar-refractivity contribution is 7.99. The third-order valence-corrected chi connectivity index (χ3v) is 4.56. The van der Waals surface area contributed by atoms with E-state index >= 15 is 0 Å². The van der Waals surface area contributed by atoms with Gasteiger partial charge in [-0.25, -0.2) is 4.98 Å². The minimum absolute atomic E-state index is 0.632. The summed E-state index contributed by atoms with van der Waals surface area (Å²) in [5.41, 5.74) is 1.24. The fraction of sp³-hybridized carbons (Fsp3) is 0.615. The van der Waals surface area contributed by atoms with Gasteiger partial charge in [0.2, 0.25) is 5.88 Å². The predicted octanol–water partition coefficient (Wildman–Crippen LogP) is 2.46. The topological polar surface area (TPSA) is 34.1 Å². The zero-order valence-corrected chi connectivity index (χ0v) is 11.3. The molecule has 0 spiro atoms. The molecule has 3 nitrogen and oxygen atoms in total. The second-order valence-corrected chi connectivity index (χ2v) is 5.90. The van der Waals surface area contributed by atoms with Crippen LogP contribution >= 0.6 is 11.8 Å². The maximum Gasteiger partial charge on any atom is 0.213 e. The Kier molecular flexibility index (Phi) is 4.68. The van der Waals surface area contributed by atoms with Gasteiger partial charge in [0.1, 0.15) is 0 Å². The molecule has 1 aliphatic heterocycles. The Hall–Kier alpha value is -0.740. The number of hydrogen-bond acceptors (Lipinski definition) is 4. The number of nitrogens with one attached hydrogen (secondary N) is 1. The molecular weight excluding hydrogens is 232 g/mol. The van der Waals surface area contributed by atoms with Gasteiger partial charge in [-0.3, -0.25) is 0 Å². The van der Waals surface area contributed by atoms with Gasteiger partial charge in [0, 0.05) is 30.1 Å². The van der Waals surface area contributed by atoms with Crippen LogP contribution in [0.3, 0.4) is 0 Å². The van der Waals surface area contributed by atoms with Crippen molar-refractivity contribution in [1.82, 2.24) is 10.3 Å². The SMILES string of the molecule is COc1cc(CNC2CCCSC2C)ccn1. The zero-order chi connectivity index (χ0) is 12.1. The number of thioether (sulfide) groups is 1. The quantitative estimate of drug-likeness (QED) is 0.892. The summed E-state index contributed by atoms with van der Waals surface area (Å²) in [5, 5.41) is 4.35. The molecular formula is C13H20N2OS. The normalized spacial score (nSPS) is 24.6. The summed E-state index contributed by atoms with van der Waals surface area (Å²) >= 11 is 2.07. The highest BCUT2D eigenvalue weighted by atomic mass is 32.2. The fourth-order valence-electron chi connectivity index (χ4n) is 2.11. The molecule has 1 aliphatic rings. The van der Waals surface area contributed by atoms with Crippen LogP contribution in [0, 0.1) is 0 Å². The molecule has 0 radical (unpaired) electrons. The molecule has 2 heterocycles. The Morgan fingerprint density at radius 1 is 1.59 bits per heavy atom. The van der Waals surface area contributed by atoms with Crippen LogP contribution < -0.4 is 10.1 Å². The average Bonchev–Trinajstić information content (AvgIpc) is 2.38. The first-order chi connectivity index (χ1) is 8.29. The summed E-state index contributed by atoms with van der Waals surface area (Å²) in [4.78, 5) is 4.11. The first kappa shape index (κ1) is 12.7. The van der Waals surface area contributed by atoms with Crippen LogP contribution in [0.15, 0.2) is 18.3 Å². The van der Waals surface area contributed by atoms with Crippen LogP contribution in [0.25, 0.3) is 0 Å². The van der Waals surface area contributed by atoms with Crippen molar-refractivity contribution in [2.75, 3.05) is 12.9 Å². The van der Waals surface area contributed by atoms with E-state index in [4.69, 9.17) is 4.74 Å². The molecule has 1 fully saturated rings. The molecule has 1 saturated heterocycles. The molecule has 0 amide bonds. The van der Waals surface area contributed by atoms with E-state index in [1.54, 1.807) is 13.3 Å². The lowest BCUT2D eigenvalue weighted by atomic mass is 10.1. The third-order valence-electron chi connectivity index (χ3n) is 3.18. The fourth-order valence-corrected chi connectivity index (χ4v) is 3.28. The van der Waals surface area contributed by atoms with E-state index < -0.39 is 0 Å². The summed E-state index contributed by atoms with van der Waals surface area (Å²) in [6.07, 6.45) is 4.41. The van der Waals surface area contributed by atoms with E-state index in [0.29, 0.717) is 17.2 Å². The van der Waals surface area contributed by atoms with E-state index in [-0.39, 0.29) is 0 Å². The molecule has 0 bridgehead atoms. The molecule has 0 aliphatic carbocycles. The summed E-state index contributed by atoms with van der Waals surface area (Å²) in [5.74, 6) is 2.00. The van der Waals surface area contributed by atoms with Crippen LogP contribution in [0.2, 0.25) is 0 Å². The highest BCUT2D eigenvalue weighted by Gasteiger charge is 2.20. The molecule has 0 aromatic carbocycles. The van der Waals surface area contributed by atoms with Crippen LogP contribution in [-0.4, -0.2) is 29.1 Å². The van der Waals surface area contributed by atoms with Crippen molar-refractivity contribution in [2.24, 2.45) is 0 Å². The van der Waals surface area contributed by atoms with Gasteiger partial charge in [-0.15, -0.1) is 0 Å². The zero-order valence-electron chi connectivity index (χ0n) is 10.5. The van der Waals surface area contributed by atoms with E-state index in [9.17, 15) is 0 Å². The van der Waals surface area contributed by atoms with Crippen molar-refractivity contribution >= 4 is 11.8 Å². The Morgan fingerprint density at radius 3 is 3.24 bits per heavy atom. The van der Waals surface area contributed by atoms with Crippen LogP contribution in [0.4, 0.5) is 0 Å². The second kappa shape index (κ2) is 6.26. The van der Waals surface area contributed by atoms with Crippen molar-refractivity contribution < 1.29 is 4.74 Å². The van der Waals surface area contributed by atoms with Gasteiger partial charge < -0.3 is 10.1 Å². The Morgan fingerprint density at radius 2 is 2.47 bits per heavy atom. The first-order valence-corrected chi connectivity index (χ1v) is 7.18. The molecule has 2 rings (SSSR count). The van der Waals surface area contributed by atoms with E-state index in [2.05, 4.69) is 29.0 Å². The molecule has 0 saturated carbocycles. The first-order valence-electron chi connectivity index (χ1n) is 6.13. The van der Waals surface area contributed by atoms with Gasteiger partial charge in [-0.1, -0.05) is 6.92 Å². The van der Waals surface area contributed by atoms with Crippen LogP contribution in [-0.2, 0) is 6.54 Å². The lowest BCUT2D eigenvalue weighted by Crippen LogP contribution is -2.38. The predicted molar refractivity (Wildman–Crippen MR) is 72.6 cm³/mol. The number of rotatable bonds is 4. The minimum Gasteiger partial charge on any atom is -0.481 e. The van der Waals surface area contributed by atoms with Crippen molar-refractivity contribution in [3.8, 4) is 5.88 Å². The molecule has 1 N–H and O–H groups in total. The van der Waals surface area contributed by atoms with Gasteiger partial charge >= 0.3 is 0 Å². The Bertz CT molecular complexity index is 359. The summed E-state index contributed by atoms with van der Waals surface area (Å²) in [6.45, 7) is 3.21. The Labute approximate surface area is 107 Å². The standard InChI is InChI=1S/C13H20N2OS/c1-10-12(4-3-7-17-10)15-9-11-5-6-14-13(8-11)16-2/h5-6,8,10,12,15H,3-4,7,9H2,1-2H3. The highest BCUT2D eigenvalue weighted by Crippen LogP contribution is 2.25. The Balaban J connectivity index is 1.88. The number of nitrogens with zero attached hydrogens (tertiary/aromatic N) is 1. The van der Waals surface area contributed by atoms with Gasteiger partial charge in [0.25, 0.3) is 0 Å². The number of pyridine rings is 1. The number of methoxy groups -OCH3 is 1. The number of ether oxygens (including phenoxy) is 1. The van der Waals surface area contributed by atoms with Gasteiger partial charge in [-0.05, 0) is 30.2 Å². The van der Waals surface area contributed by atoms with Crippen molar-refractivity contribution in [3.05, 3.63) is 23.9 Å². The molecule has 2 atom stereocenters. The van der Waals surface area contributed by atoms with Crippen molar-refractivity contribution in [1.29, 1.82) is 0 Å². The van der Waals surface area contributed by atoms with Crippen molar-refractivity contribution in [2.45, 2.75) is 37.6 Å². The lowest BCUT2D eigenvalue weighted by Gasteiger charge is -2.29. The molecule has 94 valence electrons. The number of aromatic nitrogens is 1. The molecule has 1 aromatic rings. The molecule has 4 heteroatoms. The van der Waals surface area contributed by atoms with Crippen LogP contribution in [0.5, 0.6) is 5.88 Å². The van der Waals surface area contributed by atoms with E-state index in [1.165, 1.54) is 24.2 Å². The minimum atomic E-state index is 0.632. The van der Waals surface area contributed by atoms with Crippen LogP contribution in [0.1, 0.15) is 25.3 Å². The molecule has 17 heavy (non-hydrogen) atoms. The van der Waals surface area contributed by atoms with Gasteiger partial charge in [-0.2, -0.15) is 11.8 Å². The van der Waals surface area contributed by atoms with Gasteiger partial charge in [0.05, 0.1) is 7.11 Å². The smallest absolute Gasteiger partial charge is 0.213 e. The average molecular weight is 252 g/mol. The van der Waals surface area contributed by atoms with E-state index in [0.717, 1.165) is 6.54 Å². The molecule has 2 unspecified atom stereocenters. The van der Waals surface area contributed by atoms with Gasteiger partial charge in [0.15, 0.2) is 0 Å². The summed E-state index contributed by atoms with van der Waals surface area (Å²) in [6, 6.07) is 4.66. The third kappa shape index (κ3) is 3.61. The lowest BCUT2D eigenvalue weighted by molar-refractivity contribution is 0.396.